The Morgan fingerprint density at radius 1 is 0.952 bits per heavy atom. The zero-order chi connectivity index (χ0) is 16.0. The fourth-order valence-corrected chi connectivity index (χ4v) is 1.93. The quantitative estimate of drug-likeness (QED) is 0.657. The van der Waals surface area contributed by atoms with Crippen LogP contribution in [0.15, 0.2) is 36.4 Å². The molecular weight excluding hydrogens is 270 g/mol. The van der Waals surface area contributed by atoms with Crippen molar-refractivity contribution in [2.24, 2.45) is 0 Å². The number of hydrogen-bond acceptors (Lipinski definition) is 4. The molecule has 5 nitrogen and oxygen atoms in total. The Labute approximate surface area is 123 Å². The third-order valence-corrected chi connectivity index (χ3v) is 3.02. The number of aromatic hydroxyl groups is 2. The normalized spacial score (nSPS) is 9.67. The fraction of sp³-hybridized carbons (Fsp3) is 0.250. The topological polar surface area (TPSA) is 83.6 Å². The van der Waals surface area contributed by atoms with E-state index in [1.54, 1.807) is 0 Å². The van der Waals surface area contributed by atoms with Crippen LogP contribution in [-0.2, 0) is 6.42 Å². The molecule has 21 heavy (non-hydrogen) atoms. The van der Waals surface area contributed by atoms with Gasteiger partial charge in [0.05, 0.1) is 0 Å². The maximum atomic E-state index is 9.94. The van der Waals surface area contributed by atoms with Crippen LogP contribution in [0.5, 0.6) is 11.5 Å². The zero-order valence-electron chi connectivity index (χ0n) is 12.3. The van der Waals surface area contributed by atoms with E-state index in [9.17, 15) is 10.2 Å². The number of rotatable bonds is 2. The minimum absolute atomic E-state index is 0.313. The number of phenols is 2. The lowest BCUT2D eigenvalue weighted by atomic mass is 9.99. The van der Waals surface area contributed by atoms with Gasteiger partial charge in [0.15, 0.2) is 7.05 Å². The molecule has 0 aliphatic rings. The van der Waals surface area contributed by atoms with E-state index in [0.29, 0.717) is 17.9 Å². The van der Waals surface area contributed by atoms with E-state index in [-0.39, 0.29) is 0 Å². The highest BCUT2D eigenvalue weighted by Gasteiger charge is 2.08. The number of nitrogens with zero attached hydrogens (tertiary/aromatic N) is 1. The molecule has 0 radical (unpaired) electrons. The molecule has 2 N–H and O–H groups in total. The summed E-state index contributed by atoms with van der Waals surface area (Å²) >= 11 is 0. The Bertz CT molecular complexity index is 585. The van der Waals surface area contributed by atoms with Gasteiger partial charge in [0.25, 0.3) is 0 Å². The first kappa shape index (κ1) is 16.5. The van der Waals surface area contributed by atoms with Crippen molar-refractivity contribution >= 4 is 0 Å². The van der Waals surface area contributed by atoms with E-state index in [0.717, 1.165) is 29.3 Å². The SMILES string of the molecule is C[N+](=O)[O-].Cc1cccc(Cc2cccc(C)c2O)c1O. The largest absolute Gasteiger partial charge is 0.507 e. The Morgan fingerprint density at radius 2 is 1.29 bits per heavy atom. The molecule has 112 valence electrons. The molecule has 0 aromatic heterocycles. The molecule has 0 saturated carbocycles. The molecule has 0 aliphatic carbocycles. The van der Waals surface area contributed by atoms with Gasteiger partial charge in [-0.25, -0.2) is 0 Å². The molecule has 0 aliphatic heterocycles. The monoisotopic (exact) mass is 289 g/mol. The summed E-state index contributed by atoms with van der Waals surface area (Å²) in [6, 6.07) is 11.3. The molecule has 0 spiro atoms. The van der Waals surface area contributed by atoms with Crippen molar-refractivity contribution in [1.82, 2.24) is 0 Å². The van der Waals surface area contributed by atoms with Crippen molar-refractivity contribution in [3.63, 3.8) is 0 Å². The maximum absolute atomic E-state index is 9.94. The molecule has 2 rings (SSSR count). The molecule has 5 heteroatoms. The van der Waals surface area contributed by atoms with E-state index in [1.807, 2.05) is 50.2 Å². The molecule has 2 aromatic rings. The van der Waals surface area contributed by atoms with Crippen molar-refractivity contribution in [3.8, 4) is 11.5 Å². The zero-order valence-corrected chi connectivity index (χ0v) is 12.3. The standard InChI is InChI=1S/C15H16O2.CH3NO2/c1-10-5-3-7-12(14(10)16)9-13-8-4-6-11(2)15(13)17;1-2(3)4/h3-8,16-17H,9H2,1-2H3;1H3. The molecule has 0 heterocycles. The Hall–Kier alpha value is -2.56. The average molecular weight is 289 g/mol. The lowest BCUT2D eigenvalue weighted by Gasteiger charge is -2.09. The van der Waals surface area contributed by atoms with Gasteiger partial charge < -0.3 is 10.2 Å². The smallest absolute Gasteiger partial charge is 0.194 e. The summed E-state index contributed by atoms with van der Waals surface area (Å²) in [5.74, 6) is 0.627. The van der Waals surface area contributed by atoms with Gasteiger partial charge in [-0.05, 0) is 36.1 Å². The molecule has 0 bridgehead atoms. The van der Waals surface area contributed by atoms with Crippen molar-refractivity contribution in [1.29, 1.82) is 0 Å². The number of benzene rings is 2. The summed E-state index contributed by atoms with van der Waals surface area (Å²) in [6.45, 7) is 3.74. The lowest BCUT2D eigenvalue weighted by Crippen LogP contribution is -1.92. The number of aryl methyl sites for hydroxylation is 2. The van der Waals surface area contributed by atoms with Crippen molar-refractivity contribution in [2.45, 2.75) is 20.3 Å². The lowest BCUT2D eigenvalue weighted by molar-refractivity contribution is -0.445. The predicted molar refractivity (Wildman–Crippen MR) is 81.4 cm³/mol. The van der Waals surface area contributed by atoms with Gasteiger partial charge >= 0.3 is 0 Å². The highest BCUT2D eigenvalue weighted by Crippen LogP contribution is 2.28. The summed E-state index contributed by atoms with van der Waals surface area (Å²) in [5, 5.41) is 28.7. The van der Waals surface area contributed by atoms with Gasteiger partial charge in [-0.15, -0.1) is 0 Å². The highest BCUT2D eigenvalue weighted by molar-refractivity contribution is 5.46. The maximum Gasteiger partial charge on any atom is 0.194 e. The number of para-hydroxylation sites is 2. The minimum Gasteiger partial charge on any atom is -0.507 e. The Morgan fingerprint density at radius 3 is 1.62 bits per heavy atom. The Balaban J connectivity index is 0.000000491. The van der Waals surface area contributed by atoms with E-state index in [4.69, 9.17) is 10.1 Å². The van der Waals surface area contributed by atoms with Crippen LogP contribution in [0.25, 0.3) is 0 Å². The van der Waals surface area contributed by atoms with Gasteiger partial charge in [0, 0.05) is 11.3 Å². The van der Waals surface area contributed by atoms with Crippen molar-refractivity contribution < 1.29 is 15.1 Å². The van der Waals surface area contributed by atoms with E-state index < -0.39 is 4.92 Å². The van der Waals surface area contributed by atoms with E-state index in [1.165, 1.54) is 0 Å². The van der Waals surface area contributed by atoms with Crippen LogP contribution in [0, 0.1) is 24.0 Å². The number of phenolic OH excluding ortho intramolecular Hbond substituents is 2. The molecular formula is C16H19NO4. The van der Waals surface area contributed by atoms with Gasteiger partial charge in [-0.3, -0.25) is 10.1 Å². The van der Waals surface area contributed by atoms with Crippen LogP contribution in [0.1, 0.15) is 22.3 Å². The molecule has 2 aromatic carbocycles. The molecule has 0 saturated heterocycles. The second-order valence-electron chi connectivity index (χ2n) is 4.78. The summed E-state index contributed by atoms with van der Waals surface area (Å²) in [5.41, 5.74) is 3.39. The molecule has 0 unspecified atom stereocenters. The molecule has 0 amide bonds. The van der Waals surface area contributed by atoms with Crippen LogP contribution in [0.4, 0.5) is 0 Å². The minimum atomic E-state index is -0.500. The van der Waals surface area contributed by atoms with Gasteiger partial charge in [-0.2, -0.15) is 0 Å². The second kappa shape index (κ2) is 7.28. The summed E-state index contributed by atoms with van der Waals surface area (Å²) in [7, 11) is 0.889. The van der Waals surface area contributed by atoms with Crippen molar-refractivity contribution in [2.75, 3.05) is 7.05 Å². The van der Waals surface area contributed by atoms with Crippen LogP contribution in [0.3, 0.4) is 0 Å². The first-order valence-corrected chi connectivity index (χ1v) is 6.45. The average Bonchev–Trinajstić information content (AvgIpc) is 2.39. The summed E-state index contributed by atoms with van der Waals surface area (Å²) < 4.78 is 0. The van der Waals surface area contributed by atoms with Gasteiger partial charge in [0.2, 0.25) is 0 Å². The third-order valence-electron chi connectivity index (χ3n) is 3.02. The van der Waals surface area contributed by atoms with E-state index in [2.05, 4.69) is 0 Å². The van der Waals surface area contributed by atoms with Crippen LogP contribution in [0.2, 0.25) is 0 Å². The van der Waals surface area contributed by atoms with Gasteiger partial charge in [-0.1, -0.05) is 36.4 Å². The van der Waals surface area contributed by atoms with Crippen LogP contribution >= 0.6 is 0 Å². The molecule has 0 atom stereocenters. The fourth-order valence-electron chi connectivity index (χ4n) is 1.93. The third kappa shape index (κ3) is 4.80. The molecule has 0 fully saturated rings. The predicted octanol–water partition coefficient (Wildman–Crippen LogP) is 3.20. The van der Waals surface area contributed by atoms with Crippen molar-refractivity contribution in [3.05, 3.63) is 68.8 Å². The van der Waals surface area contributed by atoms with Crippen LogP contribution in [-0.4, -0.2) is 22.2 Å². The highest BCUT2D eigenvalue weighted by atomic mass is 16.6. The second-order valence-corrected chi connectivity index (χ2v) is 4.78. The Kier molecular flexibility index (Phi) is 5.72. The van der Waals surface area contributed by atoms with Crippen LogP contribution < -0.4 is 0 Å². The number of hydrogen-bond donors (Lipinski definition) is 2. The first-order chi connectivity index (χ1) is 9.82. The number of nitro groups is 1. The van der Waals surface area contributed by atoms with E-state index >= 15 is 0 Å². The summed E-state index contributed by atoms with van der Waals surface area (Å²) in [4.78, 5) is 8.31. The summed E-state index contributed by atoms with van der Waals surface area (Å²) in [6.07, 6.45) is 0.543. The van der Waals surface area contributed by atoms with Gasteiger partial charge in [0.1, 0.15) is 11.5 Å². The first-order valence-electron chi connectivity index (χ1n) is 6.45.